The molecule has 0 radical (unpaired) electrons. The summed E-state index contributed by atoms with van der Waals surface area (Å²) < 4.78 is 5.05. The molecule has 0 spiro atoms. The maximum absolute atomic E-state index is 5.05. The van der Waals surface area contributed by atoms with Gasteiger partial charge in [-0.2, -0.15) is 0 Å². The lowest BCUT2D eigenvalue weighted by Gasteiger charge is -2.17. The Kier molecular flexibility index (Phi) is 3.75. The highest BCUT2D eigenvalue weighted by atomic mass is 16.5. The minimum absolute atomic E-state index is 0.0451. The van der Waals surface area contributed by atoms with Gasteiger partial charge < -0.3 is 10.1 Å². The maximum Gasteiger partial charge on any atom is 0.233 e. The van der Waals surface area contributed by atoms with Crippen molar-refractivity contribution in [1.82, 2.24) is 20.5 Å². The average molecular weight is 280 g/mol. The molecular formula is C16H16N4O. The number of nitrogens with one attached hydrogen (secondary N) is 1. The molecule has 106 valence electrons. The summed E-state index contributed by atoms with van der Waals surface area (Å²) >= 11 is 0. The summed E-state index contributed by atoms with van der Waals surface area (Å²) in [7, 11) is 3.49. The highest BCUT2D eigenvalue weighted by Crippen LogP contribution is 2.27. The number of benzene rings is 1. The van der Waals surface area contributed by atoms with Crippen LogP contribution in [0.1, 0.15) is 17.3 Å². The normalized spacial score (nSPS) is 12.3. The summed E-state index contributed by atoms with van der Waals surface area (Å²) in [6.07, 6.45) is 3.68. The number of hydrogen-bond acceptors (Lipinski definition) is 5. The van der Waals surface area contributed by atoms with Crippen LogP contribution in [0, 0.1) is 0 Å². The predicted octanol–water partition coefficient (Wildman–Crippen LogP) is 2.34. The van der Waals surface area contributed by atoms with Gasteiger partial charge in [0.15, 0.2) is 0 Å². The van der Waals surface area contributed by atoms with Crippen LogP contribution in [0.5, 0.6) is 5.88 Å². The summed E-state index contributed by atoms with van der Waals surface area (Å²) in [4.78, 5) is 4.23. The average Bonchev–Trinajstić information content (AvgIpc) is 2.56. The SMILES string of the molecule is CNC(c1ccc(OC)nn1)c1cccc2ccncc12. The Balaban J connectivity index is 2.09. The summed E-state index contributed by atoms with van der Waals surface area (Å²) in [6.45, 7) is 0. The van der Waals surface area contributed by atoms with Crippen LogP contribution in [0.3, 0.4) is 0 Å². The Hall–Kier alpha value is -2.53. The van der Waals surface area contributed by atoms with Crippen molar-refractivity contribution >= 4 is 10.8 Å². The lowest BCUT2D eigenvalue weighted by molar-refractivity contribution is 0.390. The van der Waals surface area contributed by atoms with E-state index in [2.05, 4.69) is 32.6 Å². The van der Waals surface area contributed by atoms with Crippen LogP contribution < -0.4 is 10.1 Å². The van der Waals surface area contributed by atoms with Gasteiger partial charge in [-0.25, -0.2) is 0 Å². The molecule has 0 saturated carbocycles. The molecule has 0 saturated heterocycles. The van der Waals surface area contributed by atoms with E-state index in [1.54, 1.807) is 13.3 Å². The molecule has 21 heavy (non-hydrogen) atoms. The van der Waals surface area contributed by atoms with Crippen LogP contribution in [-0.4, -0.2) is 29.3 Å². The van der Waals surface area contributed by atoms with Crippen molar-refractivity contribution in [2.24, 2.45) is 0 Å². The molecule has 1 unspecified atom stereocenters. The minimum Gasteiger partial charge on any atom is -0.480 e. The molecular weight excluding hydrogens is 264 g/mol. The fourth-order valence-corrected chi connectivity index (χ4v) is 2.44. The first-order valence-corrected chi connectivity index (χ1v) is 6.71. The topological polar surface area (TPSA) is 59.9 Å². The third-order valence-corrected chi connectivity index (χ3v) is 3.48. The van der Waals surface area contributed by atoms with Gasteiger partial charge >= 0.3 is 0 Å². The fourth-order valence-electron chi connectivity index (χ4n) is 2.44. The highest BCUT2D eigenvalue weighted by molar-refractivity contribution is 5.85. The van der Waals surface area contributed by atoms with E-state index in [9.17, 15) is 0 Å². The summed E-state index contributed by atoms with van der Waals surface area (Å²) in [5.74, 6) is 0.508. The van der Waals surface area contributed by atoms with Gasteiger partial charge in [-0.05, 0) is 30.1 Å². The van der Waals surface area contributed by atoms with Crippen LogP contribution in [0.4, 0.5) is 0 Å². The Labute approximate surface area is 123 Å². The smallest absolute Gasteiger partial charge is 0.233 e. The number of pyridine rings is 1. The van der Waals surface area contributed by atoms with E-state index in [4.69, 9.17) is 4.74 Å². The van der Waals surface area contributed by atoms with Gasteiger partial charge in [0, 0.05) is 23.8 Å². The van der Waals surface area contributed by atoms with E-state index in [0.29, 0.717) is 5.88 Å². The van der Waals surface area contributed by atoms with E-state index in [-0.39, 0.29) is 6.04 Å². The molecule has 1 aromatic carbocycles. The van der Waals surface area contributed by atoms with E-state index in [1.165, 1.54) is 0 Å². The van der Waals surface area contributed by atoms with E-state index in [1.807, 2.05) is 37.5 Å². The van der Waals surface area contributed by atoms with Gasteiger partial charge in [-0.15, -0.1) is 10.2 Å². The van der Waals surface area contributed by atoms with E-state index < -0.39 is 0 Å². The molecule has 0 fully saturated rings. The van der Waals surface area contributed by atoms with Crippen LogP contribution in [-0.2, 0) is 0 Å². The zero-order valence-electron chi connectivity index (χ0n) is 11.9. The molecule has 0 aliphatic carbocycles. The van der Waals surface area contributed by atoms with Crippen LogP contribution in [0.2, 0.25) is 0 Å². The van der Waals surface area contributed by atoms with Crippen LogP contribution >= 0.6 is 0 Å². The van der Waals surface area contributed by atoms with Crippen LogP contribution in [0.25, 0.3) is 10.8 Å². The molecule has 1 atom stereocenters. The van der Waals surface area contributed by atoms with Crippen molar-refractivity contribution in [3.8, 4) is 5.88 Å². The second kappa shape index (κ2) is 5.85. The minimum atomic E-state index is -0.0451. The van der Waals surface area contributed by atoms with Gasteiger partial charge in [0.25, 0.3) is 0 Å². The molecule has 5 heteroatoms. The number of hydrogen-bond donors (Lipinski definition) is 1. The van der Waals surface area contributed by atoms with Crippen molar-refractivity contribution in [1.29, 1.82) is 0 Å². The molecule has 3 aromatic rings. The number of aromatic nitrogens is 3. The van der Waals surface area contributed by atoms with Crippen LogP contribution in [0.15, 0.2) is 48.8 Å². The number of fused-ring (bicyclic) bond motifs is 1. The monoisotopic (exact) mass is 280 g/mol. The highest BCUT2D eigenvalue weighted by Gasteiger charge is 2.16. The van der Waals surface area contributed by atoms with Gasteiger partial charge in [0.05, 0.1) is 18.8 Å². The number of rotatable bonds is 4. The summed E-state index contributed by atoms with van der Waals surface area (Å²) in [5.41, 5.74) is 1.97. The van der Waals surface area contributed by atoms with E-state index in [0.717, 1.165) is 22.0 Å². The largest absolute Gasteiger partial charge is 0.480 e. The Bertz CT molecular complexity index is 737. The molecule has 2 aromatic heterocycles. The van der Waals surface area contributed by atoms with Gasteiger partial charge in [0.2, 0.25) is 5.88 Å². The second-order valence-corrected chi connectivity index (χ2v) is 4.67. The molecule has 2 heterocycles. The van der Waals surface area contributed by atoms with Crippen molar-refractivity contribution in [2.75, 3.05) is 14.2 Å². The quantitative estimate of drug-likeness (QED) is 0.795. The Morgan fingerprint density at radius 1 is 1.10 bits per heavy atom. The third-order valence-electron chi connectivity index (χ3n) is 3.48. The van der Waals surface area contributed by atoms with E-state index >= 15 is 0 Å². The van der Waals surface area contributed by atoms with Gasteiger partial charge in [0.1, 0.15) is 0 Å². The van der Waals surface area contributed by atoms with Gasteiger partial charge in [-0.1, -0.05) is 18.2 Å². The zero-order chi connectivity index (χ0) is 14.7. The molecule has 0 aliphatic rings. The lowest BCUT2D eigenvalue weighted by Crippen LogP contribution is -2.19. The maximum atomic E-state index is 5.05. The molecule has 0 aliphatic heterocycles. The number of methoxy groups -OCH3 is 1. The molecule has 3 rings (SSSR count). The van der Waals surface area contributed by atoms with Crippen molar-refractivity contribution in [3.63, 3.8) is 0 Å². The fraction of sp³-hybridized carbons (Fsp3) is 0.188. The molecule has 0 amide bonds. The molecule has 0 bridgehead atoms. The molecule has 5 nitrogen and oxygen atoms in total. The first-order valence-electron chi connectivity index (χ1n) is 6.71. The van der Waals surface area contributed by atoms with Crippen molar-refractivity contribution in [2.45, 2.75) is 6.04 Å². The zero-order valence-corrected chi connectivity index (χ0v) is 11.9. The number of ether oxygens (including phenoxy) is 1. The standard InChI is InChI=1S/C16H16N4O/c1-17-16(14-6-7-15(21-2)20-19-14)12-5-3-4-11-8-9-18-10-13(11)12/h3-10,16-17H,1-2H3. The summed E-state index contributed by atoms with van der Waals surface area (Å²) in [6, 6.07) is 11.9. The summed E-state index contributed by atoms with van der Waals surface area (Å²) in [5, 5.41) is 13.8. The number of nitrogens with zero attached hydrogens (tertiary/aromatic N) is 3. The van der Waals surface area contributed by atoms with Gasteiger partial charge in [-0.3, -0.25) is 4.98 Å². The second-order valence-electron chi connectivity index (χ2n) is 4.67. The first kappa shape index (κ1) is 13.5. The van der Waals surface area contributed by atoms with Crippen molar-refractivity contribution < 1.29 is 4.74 Å². The first-order chi connectivity index (χ1) is 10.3. The van der Waals surface area contributed by atoms with Crippen molar-refractivity contribution in [3.05, 3.63) is 60.0 Å². The predicted molar refractivity (Wildman–Crippen MR) is 81.2 cm³/mol. The Morgan fingerprint density at radius 2 is 2.00 bits per heavy atom. The Morgan fingerprint density at radius 3 is 2.71 bits per heavy atom. The molecule has 1 N–H and O–H groups in total. The third kappa shape index (κ3) is 2.55. The lowest BCUT2D eigenvalue weighted by atomic mass is 9.98.